The zero-order chi connectivity index (χ0) is 15.8. The molecule has 0 aromatic heterocycles. The van der Waals surface area contributed by atoms with E-state index in [1.807, 2.05) is 0 Å². The van der Waals surface area contributed by atoms with Crippen LogP contribution in [-0.4, -0.2) is 58.9 Å². The molecule has 2 atom stereocenters. The van der Waals surface area contributed by atoms with E-state index in [1.165, 1.54) is 25.7 Å². The topological polar surface area (TPSA) is 71.1 Å². The summed E-state index contributed by atoms with van der Waals surface area (Å²) in [5.41, 5.74) is 0. The third kappa shape index (κ3) is 4.63. The van der Waals surface area contributed by atoms with Crippen LogP contribution in [0.15, 0.2) is 0 Å². The Morgan fingerprint density at radius 2 is 1.86 bits per heavy atom. The van der Waals surface area contributed by atoms with Gasteiger partial charge in [0, 0.05) is 36.7 Å². The largest absolute Gasteiger partial charge is 0.340 e. The van der Waals surface area contributed by atoms with E-state index in [0.717, 1.165) is 12.3 Å². The maximum atomic E-state index is 12.6. The number of amides is 1. The molecular formula is C16H24N4OS. The molecule has 2 rings (SSSR count). The van der Waals surface area contributed by atoms with Gasteiger partial charge in [0.15, 0.2) is 0 Å². The molecule has 0 unspecified atom stereocenters. The van der Waals surface area contributed by atoms with Gasteiger partial charge in [0.05, 0.1) is 31.5 Å². The lowest BCUT2D eigenvalue weighted by atomic mass is 9.93. The number of hydrogen-bond acceptors (Lipinski definition) is 5. The van der Waals surface area contributed by atoms with Crippen molar-refractivity contribution in [1.29, 1.82) is 10.5 Å². The summed E-state index contributed by atoms with van der Waals surface area (Å²) in [7, 11) is 0. The van der Waals surface area contributed by atoms with E-state index in [9.17, 15) is 4.79 Å². The molecule has 0 aromatic rings. The first-order chi connectivity index (χ1) is 10.8. The van der Waals surface area contributed by atoms with Gasteiger partial charge in [-0.3, -0.25) is 9.69 Å². The number of nitrogens with zero attached hydrogens (tertiary/aromatic N) is 4. The van der Waals surface area contributed by atoms with E-state index in [4.69, 9.17) is 10.5 Å². The number of carbonyl (C=O) groups is 1. The number of carbonyl (C=O) groups excluding carboxylic acids is 1. The first-order valence-corrected chi connectivity index (χ1v) is 9.18. The first kappa shape index (κ1) is 17.1. The smallest absolute Gasteiger partial charge is 0.236 e. The van der Waals surface area contributed by atoms with Crippen LogP contribution in [0.5, 0.6) is 0 Å². The van der Waals surface area contributed by atoms with Gasteiger partial charge in [-0.05, 0) is 12.8 Å². The summed E-state index contributed by atoms with van der Waals surface area (Å²) in [4.78, 5) is 16.6. The minimum Gasteiger partial charge on any atom is -0.340 e. The average molecular weight is 320 g/mol. The summed E-state index contributed by atoms with van der Waals surface area (Å²) in [6.07, 6.45) is 5.71. The molecule has 6 heteroatoms. The first-order valence-electron chi connectivity index (χ1n) is 8.13. The predicted molar refractivity (Wildman–Crippen MR) is 87.1 cm³/mol. The second-order valence-corrected chi connectivity index (χ2v) is 7.28. The molecule has 120 valence electrons. The lowest BCUT2D eigenvalue weighted by Gasteiger charge is -2.43. The van der Waals surface area contributed by atoms with Gasteiger partial charge in [-0.1, -0.05) is 12.8 Å². The molecule has 0 bridgehead atoms. The van der Waals surface area contributed by atoms with Crippen molar-refractivity contribution in [3.63, 3.8) is 0 Å². The molecule has 1 saturated heterocycles. The summed E-state index contributed by atoms with van der Waals surface area (Å²) in [6.45, 7) is 2.29. The lowest BCUT2D eigenvalue weighted by molar-refractivity contribution is -0.133. The Balaban J connectivity index is 1.92. The van der Waals surface area contributed by atoms with Crippen molar-refractivity contribution in [3.8, 4) is 12.1 Å². The maximum Gasteiger partial charge on any atom is 0.236 e. The van der Waals surface area contributed by atoms with Gasteiger partial charge in [0.2, 0.25) is 5.91 Å². The molecule has 0 aromatic carbocycles. The van der Waals surface area contributed by atoms with Crippen molar-refractivity contribution in [3.05, 3.63) is 0 Å². The highest BCUT2D eigenvalue weighted by molar-refractivity contribution is 8.00. The van der Waals surface area contributed by atoms with Crippen molar-refractivity contribution < 1.29 is 4.79 Å². The van der Waals surface area contributed by atoms with Crippen LogP contribution in [0, 0.1) is 22.7 Å². The molecule has 2 aliphatic rings. The van der Waals surface area contributed by atoms with Gasteiger partial charge in [0.1, 0.15) is 0 Å². The minimum atomic E-state index is 0.0710. The van der Waals surface area contributed by atoms with Crippen molar-refractivity contribution in [1.82, 2.24) is 9.80 Å². The monoisotopic (exact) mass is 320 g/mol. The van der Waals surface area contributed by atoms with Crippen LogP contribution in [0.2, 0.25) is 0 Å². The summed E-state index contributed by atoms with van der Waals surface area (Å²) >= 11 is 2.06. The fourth-order valence-corrected chi connectivity index (χ4v) is 4.88. The van der Waals surface area contributed by atoms with Crippen LogP contribution < -0.4 is 0 Å². The van der Waals surface area contributed by atoms with Gasteiger partial charge in [0.25, 0.3) is 0 Å². The number of rotatable bonds is 6. The predicted octanol–water partition coefficient (Wildman–Crippen LogP) is 2.00. The number of thioether (sulfide) groups is 1. The van der Waals surface area contributed by atoms with Crippen LogP contribution >= 0.6 is 11.8 Å². The third-order valence-electron chi connectivity index (χ3n) is 4.53. The Morgan fingerprint density at radius 3 is 2.55 bits per heavy atom. The Hall–Kier alpha value is -1.24. The number of hydrogen-bond donors (Lipinski definition) is 0. The highest BCUT2D eigenvalue weighted by atomic mass is 32.2. The van der Waals surface area contributed by atoms with E-state index in [-0.39, 0.29) is 5.91 Å². The zero-order valence-corrected chi connectivity index (χ0v) is 13.9. The van der Waals surface area contributed by atoms with Crippen LogP contribution in [0.1, 0.15) is 38.5 Å². The summed E-state index contributed by atoms with van der Waals surface area (Å²) in [5.74, 6) is 1.17. The van der Waals surface area contributed by atoms with E-state index < -0.39 is 0 Å². The van der Waals surface area contributed by atoms with Crippen molar-refractivity contribution in [2.24, 2.45) is 0 Å². The van der Waals surface area contributed by atoms with Crippen LogP contribution in [0.4, 0.5) is 0 Å². The Labute approximate surface area is 137 Å². The molecule has 1 saturated carbocycles. The minimum absolute atomic E-state index is 0.0710. The van der Waals surface area contributed by atoms with Crippen LogP contribution in [-0.2, 0) is 4.79 Å². The Kier molecular flexibility index (Phi) is 7.02. The van der Waals surface area contributed by atoms with E-state index >= 15 is 0 Å². The zero-order valence-electron chi connectivity index (χ0n) is 13.0. The fraction of sp³-hybridized carbons (Fsp3) is 0.812. The molecule has 1 amide bonds. The molecule has 1 heterocycles. The van der Waals surface area contributed by atoms with Crippen LogP contribution in [0.25, 0.3) is 0 Å². The molecule has 1 aliphatic carbocycles. The molecule has 22 heavy (non-hydrogen) atoms. The second kappa shape index (κ2) is 9.02. The van der Waals surface area contributed by atoms with Crippen molar-refractivity contribution in [2.45, 2.75) is 49.8 Å². The number of nitriles is 2. The van der Waals surface area contributed by atoms with Gasteiger partial charge in [-0.15, -0.1) is 0 Å². The van der Waals surface area contributed by atoms with Crippen molar-refractivity contribution in [2.75, 3.05) is 31.9 Å². The van der Waals surface area contributed by atoms with Gasteiger partial charge in [-0.2, -0.15) is 22.3 Å². The summed E-state index contributed by atoms with van der Waals surface area (Å²) in [6, 6.07) is 4.70. The molecule has 0 radical (unpaired) electrons. The summed E-state index contributed by atoms with van der Waals surface area (Å²) in [5, 5.41) is 18.1. The standard InChI is InChI=1S/C16H24N4OS/c17-7-3-9-19(10-4-8-18)16(21)13-20-11-12-22-15-6-2-1-5-14(15)20/h14-15H,1-6,9-13H2/t14-,15+/m0/s1. The molecule has 0 spiro atoms. The molecular weight excluding hydrogens is 296 g/mol. The van der Waals surface area contributed by atoms with Gasteiger partial charge in [-0.25, -0.2) is 0 Å². The third-order valence-corrected chi connectivity index (χ3v) is 5.92. The van der Waals surface area contributed by atoms with E-state index in [0.29, 0.717) is 43.8 Å². The average Bonchev–Trinajstić information content (AvgIpc) is 2.55. The van der Waals surface area contributed by atoms with Gasteiger partial charge >= 0.3 is 0 Å². The van der Waals surface area contributed by atoms with Crippen LogP contribution in [0.3, 0.4) is 0 Å². The maximum absolute atomic E-state index is 12.6. The number of fused-ring (bicyclic) bond motifs is 1. The quantitative estimate of drug-likeness (QED) is 0.748. The normalized spacial score (nSPS) is 24.8. The second-order valence-electron chi connectivity index (χ2n) is 5.93. The van der Waals surface area contributed by atoms with Gasteiger partial charge < -0.3 is 4.90 Å². The Bertz CT molecular complexity index is 436. The molecule has 1 aliphatic heterocycles. The molecule has 5 nitrogen and oxygen atoms in total. The highest BCUT2D eigenvalue weighted by Gasteiger charge is 2.35. The van der Waals surface area contributed by atoms with Crippen molar-refractivity contribution >= 4 is 17.7 Å². The molecule has 2 fully saturated rings. The van der Waals surface area contributed by atoms with E-state index in [2.05, 4.69) is 28.8 Å². The molecule has 0 N–H and O–H groups in total. The van der Waals surface area contributed by atoms with E-state index in [1.54, 1.807) is 4.90 Å². The Morgan fingerprint density at radius 1 is 1.18 bits per heavy atom. The highest BCUT2D eigenvalue weighted by Crippen LogP contribution is 2.35. The lowest BCUT2D eigenvalue weighted by Crippen LogP contribution is -2.52. The SMILES string of the molecule is N#CCCN(CCC#N)C(=O)CN1CCS[C@@H]2CCCC[C@@H]21. The summed E-state index contributed by atoms with van der Waals surface area (Å²) < 4.78 is 0. The fourth-order valence-electron chi connectivity index (χ4n) is 3.38.